The quantitative estimate of drug-likeness (QED) is 0.792. The number of hydrogen-bond acceptors (Lipinski definition) is 5. The van der Waals surface area contributed by atoms with E-state index >= 15 is 0 Å². The van der Waals surface area contributed by atoms with Gasteiger partial charge in [0.2, 0.25) is 5.91 Å². The lowest BCUT2D eigenvalue weighted by molar-refractivity contribution is -0.120. The third kappa shape index (κ3) is 5.59. The molecule has 2 amide bonds. The molecule has 0 aliphatic rings. The number of pyridine rings is 1. The number of hydrogen-bond donors (Lipinski definition) is 3. The molecule has 0 spiro atoms. The van der Waals surface area contributed by atoms with Crippen LogP contribution in [-0.4, -0.2) is 33.7 Å². The zero-order valence-electron chi connectivity index (χ0n) is 13.5. The van der Waals surface area contributed by atoms with Crippen LogP contribution >= 0.6 is 0 Å². The molecule has 7 heteroatoms. The minimum absolute atomic E-state index is 0.0869. The normalized spacial score (nSPS) is 13.9. The molecule has 0 fully saturated rings. The van der Waals surface area contributed by atoms with Gasteiger partial charge in [-0.15, -0.1) is 0 Å². The van der Waals surface area contributed by atoms with Crippen LogP contribution in [0.3, 0.4) is 0 Å². The summed E-state index contributed by atoms with van der Waals surface area (Å²) in [5, 5.41) is 14.7. The first kappa shape index (κ1) is 17.7. The van der Waals surface area contributed by atoms with Gasteiger partial charge in [-0.05, 0) is 39.8 Å². The maximum absolute atomic E-state index is 12.1. The predicted octanol–water partition coefficient (Wildman–Crippen LogP) is 2.27. The fourth-order valence-corrected chi connectivity index (χ4v) is 1.57. The fourth-order valence-electron chi connectivity index (χ4n) is 1.57. The molecule has 0 saturated heterocycles. The van der Waals surface area contributed by atoms with Gasteiger partial charge in [0.1, 0.15) is 5.60 Å². The Hall–Kier alpha value is -2.31. The molecule has 1 aromatic rings. The second-order valence-corrected chi connectivity index (χ2v) is 6.08. The van der Waals surface area contributed by atoms with E-state index in [1.165, 1.54) is 12.3 Å². The van der Waals surface area contributed by atoms with Gasteiger partial charge in [-0.1, -0.05) is 6.92 Å². The Labute approximate surface area is 130 Å². The number of rotatable bonds is 4. The number of anilines is 1. The van der Waals surface area contributed by atoms with Crippen LogP contribution in [0.1, 0.15) is 34.6 Å². The number of aromatic nitrogens is 1. The van der Waals surface area contributed by atoms with Gasteiger partial charge in [0.05, 0.1) is 5.92 Å². The van der Waals surface area contributed by atoms with E-state index in [1.54, 1.807) is 40.7 Å². The number of amides is 2. The van der Waals surface area contributed by atoms with E-state index in [0.29, 0.717) is 0 Å². The van der Waals surface area contributed by atoms with E-state index < -0.39 is 23.7 Å². The van der Waals surface area contributed by atoms with Crippen LogP contribution in [0.25, 0.3) is 0 Å². The van der Waals surface area contributed by atoms with Crippen molar-refractivity contribution in [1.29, 1.82) is 0 Å². The summed E-state index contributed by atoms with van der Waals surface area (Å²) >= 11 is 0. The summed E-state index contributed by atoms with van der Waals surface area (Å²) in [7, 11) is 0. The van der Waals surface area contributed by atoms with Crippen molar-refractivity contribution in [3.8, 4) is 5.75 Å². The van der Waals surface area contributed by atoms with E-state index in [-0.39, 0.29) is 17.5 Å². The van der Waals surface area contributed by atoms with Crippen molar-refractivity contribution in [2.45, 2.75) is 46.3 Å². The highest BCUT2D eigenvalue weighted by atomic mass is 16.6. The monoisotopic (exact) mass is 309 g/mol. The smallest absolute Gasteiger partial charge is 0.407 e. The van der Waals surface area contributed by atoms with E-state index in [9.17, 15) is 14.7 Å². The van der Waals surface area contributed by atoms with E-state index in [4.69, 9.17) is 4.74 Å². The molecule has 2 atom stereocenters. The second kappa shape index (κ2) is 7.11. The molecule has 0 aromatic carbocycles. The number of aromatic hydroxyl groups is 1. The second-order valence-electron chi connectivity index (χ2n) is 6.08. The Kier molecular flexibility index (Phi) is 5.73. The average Bonchev–Trinajstić information content (AvgIpc) is 2.38. The van der Waals surface area contributed by atoms with Gasteiger partial charge in [0.25, 0.3) is 0 Å². The number of carbonyl (C=O) groups excluding carboxylic acids is 2. The summed E-state index contributed by atoms with van der Waals surface area (Å²) in [4.78, 5) is 27.7. The van der Waals surface area contributed by atoms with Crippen LogP contribution in [0.4, 0.5) is 10.6 Å². The Morgan fingerprint density at radius 2 is 1.95 bits per heavy atom. The molecular weight excluding hydrogens is 286 g/mol. The molecule has 1 rings (SSSR count). The summed E-state index contributed by atoms with van der Waals surface area (Å²) in [5.41, 5.74) is -0.602. The minimum atomic E-state index is -0.602. The first-order valence-electron chi connectivity index (χ1n) is 7.04. The molecule has 3 N–H and O–H groups in total. The largest absolute Gasteiger partial charge is 0.504 e. The van der Waals surface area contributed by atoms with Crippen molar-refractivity contribution in [1.82, 2.24) is 10.3 Å². The summed E-state index contributed by atoms with van der Waals surface area (Å²) in [6.07, 6.45) is 0.878. The number of ether oxygens (including phenoxy) is 1. The molecule has 0 bridgehead atoms. The highest BCUT2D eigenvalue weighted by Gasteiger charge is 2.25. The van der Waals surface area contributed by atoms with Gasteiger partial charge in [-0.2, -0.15) is 0 Å². The van der Waals surface area contributed by atoms with Crippen molar-refractivity contribution in [2.24, 2.45) is 5.92 Å². The Morgan fingerprint density at radius 1 is 1.32 bits per heavy atom. The minimum Gasteiger partial charge on any atom is -0.504 e. The molecule has 122 valence electrons. The van der Waals surface area contributed by atoms with Crippen molar-refractivity contribution >= 4 is 17.8 Å². The topological polar surface area (TPSA) is 101 Å². The van der Waals surface area contributed by atoms with Gasteiger partial charge in [0.15, 0.2) is 11.6 Å². The summed E-state index contributed by atoms with van der Waals surface area (Å²) in [5.74, 6) is -0.925. The zero-order chi connectivity index (χ0) is 16.9. The van der Waals surface area contributed by atoms with Crippen molar-refractivity contribution < 1.29 is 19.4 Å². The molecule has 22 heavy (non-hydrogen) atoms. The van der Waals surface area contributed by atoms with Crippen LogP contribution < -0.4 is 10.6 Å². The number of nitrogens with zero attached hydrogens (tertiary/aromatic N) is 1. The number of nitrogens with one attached hydrogen (secondary N) is 2. The third-order valence-corrected chi connectivity index (χ3v) is 2.94. The van der Waals surface area contributed by atoms with Crippen molar-refractivity contribution in [3.05, 3.63) is 18.3 Å². The molecule has 0 aliphatic carbocycles. The highest BCUT2D eigenvalue weighted by molar-refractivity contribution is 5.93. The first-order valence-corrected chi connectivity index (χ1v) is 7.04. The van der Waals surface area contributed by atoms with Gasteiger partial charge < -0.3 is 20.5 Å². The molecule has 2 unspecified atom stereocenters. The van der Waals surface area contributed by atoms with Crippen LogP contribution in [0.15, 0.2) is 18.3 Å². The molecule has 1 heterocycles. The summed E-state index contributed by atoms with van der Waals surface area (Å²) < 4.78 is 5.14. The molecule has 1 aromatic heterocycles. The Bertz CT molecular complexity index is 540. The fraction of sp³-hybridized carbons (Fsp3) is 0.533. The lowest BCUT2D eigenvalue weighted by Crippen LogP contribution is -2.44. The highest BCUT2D eigenvalue weighted by Crippen LogP contribution is 2.19. The Morgan fingerprint density at radius 3 is 2.50 bits per heavy atom. The predicted molar refractivity (Wildman–Crippen MR) is 82.5 cm³/mol. The molecular formula is C15H23N3O4. The van der Waals surface area contributed by atoms with Crippen molar-refractivity contribution in [2.75, 3.05) is 5.32 Å². The Balaban J connectivity index is 2.59. The lowest BCUT2D eigenvalue weighted by atomic mass is 10.0. The summed E-state index contributed by atoms with van der Waals surface area (Å²) in [6.45, 7) is 8.65. The van der Waals surface area contributed by atoms with Gasteiger partial charge in [-0.3, -0.25) is 4.79 Å². The van der Waals surface area contributed by atoms with Crippen molar-refractivity contribution in [3.63, 3.8) is 0 Å². The number of alkyl carbamates (subject to hydrolysis) is 1. The van der Waals surface area contributed by atoms with Gasteiger partial charge in [-0.25, -0.2) is 9.78 Å². The van der Waals surface area contributed by atoms with E-state index in [2.05, 4.69) is 15.6 Å². The third-order valence-electron chi connectivity index (χ3n) is 2.94. The number of carbonyl (C=O) groups is 2. The molecule has 0 saturated carbocycles. The standard InChI is InChI=1S/C15H23N3O4/c1-9(10(2)17-14(21)22-15(3,4)5)13(20)18-12-11(19)7-6-8-16-12/h6-10,19H,1-5H3,(H,17,21)(H,16,18,20). The van der Waals surface area contributed by atoms with Gasteiger partial charge >= 0.3 is 6.09 Å². The van der Waals surface area contributed by atoms with Gasteiger partial charge in [0, 0.05) is 12.2 Å². The zero-order valence-corrected chi connectivity index (χ0v) is 13.5. The van der Waals surface area contributed by atoms with E-state index in [0.717, 1.165) is 0 Å². The van der Waals surface area contributed by atoms with Crippen LogP contribution in [0, 0.1) is 5.92 Å². The first-order chi connectivity index (χ1) is 10.1. The SMILES string of the molecule is CC(NC(=O)OC(C)(C)C)C(C)C(=O)Nc1ncccc1O. The molecule has 0 radical (unpaired) electrons. The molecule has 0 aliphatic heterocycles. The van der Waals surface area contributed by atoms with Crippen LogP contribution in [0.5, 0.6) is 5.75 Å². The maximum atomic E-state index is 12.1. The van der Waals surface area contributed by atoms with Crippen LogP contribution in [0.2, 0.25) is 0 Å². The maximum Gasteiger partial charge on any atom is 0.407 e. The lowest BCUT2D eigenvalue weighted by Gasteiger charge is -2.24. The summed E-state index contributed by atoms with van der Waals surface area (Å²) in [6, 6.07) is 2.54. The van der Waals surface area contributed by atoms with Crippen LogP contribution in [-0.2, 0) is 9.53 Å². The molecule has 7 nitrogen and oxygen atoms in total. The van der Waals surface area contributed by atoms with E-state index in [1.807, 2.05) is 0 Å². The average molecular weight is 309 g/mol.